The molecule has 1 aliphatic rings. The summed E-state index contributed by atoms with van der Waals surface area (Å²) in [6, 6.07) is 7.13. The third kappa shape index (κ3) is 1.63. The van der Waals surface area contributed by atoms with Crippen molar-refractivity contribution in [3.05, 3.63) is 34.9 Å². The molecule has 0 aliphatic heterocycles. The molecule has 0 saturated heterocycles. The van der Waals surface area contributed by atoms with Crippen molar-refractivity contribution in [1.29, 1.82) is 5.26 Å². The summed E-state index contributed by atoms with van der Waals surface area (Å²) in [5, 5.41) is 8.74. The van der Waals surface area contributed by atoms with E-state index in [1.54, 1.807) is 18.2 Å². The fraction of sp³-hybridized carbons (Fsp3) is 0.308. The molecule has 3 heteroatoms. The zero-order valence-electron chi connectivity index (χ0n) is 8.99. The molecular formula is C13H11NO2. The summed E-state index contributed by atoms with van der Waals surface area (Å²) in [5.41, 5.74) is 2.15. The van der Waals surface area contributed by atoms with Crippen LogP contribution in [0.4, 0.5) is 0 Å². The van der Waals surface area contributed by atoms with Crippen molar-refractivity contribution < 1.29 is 9.59 Å². The monoisotopic (exact) mass is 213 g/mol. The number of ketones is 2. The van der Waals surface area contributed by atoms with Gasteiger partial charge in [0.15, 0.2) is 0 Å². The van der Waals surface area contributed by atoms with Crippen molar-refractivity contribution in [3.63, 3.8) is 0 Å². The van der Waals surface area contributed by atoms with Crippen LogP contribution < -0.4 is 0 Å². The molecular weight excluding hydrogens is 202 g/mol. The fourth-order valence-corrected chi connectivity index (χ4v) is 2.13. The number of nitrogens with zero attached hydrogens (tertiary/aromatic N) is 1. The van der Waals surface area contributed by atoms with E-state index < -0.39 is 5.92 Å². The van der Waals surface area contributed by atoms with Crippen molar-refractivity contribution in [2.75, 3.05) is 0 Å². The first-order chi connectivity index (χ1) is 7.63. The van der Waals surface area contributed by atoms with Gasteiger partial charge in [0.05, 0.1) is 11.6 Å². The van der Waals surface area contributed by atoms with Gasteiger partial charge in [-0.2, -0.15) is 5.26 Å². The molecule has 1 fully saturated rings. The predicted octanol–water partition coefficient (Wildman–Crippen LogP) is 1.88. The zero-order chi connectivity index (χ0) is 11.7. The number of benzene rings is 1. The molecule has 0 unspecified atom stereocenters. The van der Waals surface area contributed by atoms with Crippen molar-refractivity contribution in [3.8, 4) is 6.07 Å². The molecule has 0 N–H and O–H groups in total. The van der Waals surface area contributed by atoms with Crippen LogP contribution in [0.15, 0.2) is 18.2 Å². The predicted molar refractivity (Wildman–Crippen MR) is 57.9 cm³/mol. The van der Waals surface area contributed by atoms with Crippen LogP contribution in [0.5, 0.6) is 0 Å². The molecule has 16 heavy (non-hydrogen) atoms. The summed E-state index contributed by atoms with van der Waals surface area (Å²) in [7, 11) is 0. The van der Waals surface area contributed by atoms with Gasteiger partial charge in [-0.05, 0) is 30.2 Å². The number of Topliss-reactive ketones (excluding diaryl/α,β-unsaturated/α-hetero) is 2. The average Bonchev–Trinajstić information content (AvgIpc) is 2.59. The van der Waals surface area contributed by atoms with Gasteiger partial charge < -0.3 is 0 Å². The molecule has 80 valence electrons. The Morgan fingerprint density at radius 1 is 1.25 bits per heavy atom. The molecule has 1 aromatic rings. The molecule has 3 nitrogen and oxygen atoms in total. The molecule has 0 bridgehead atoms. The topological polar surface area (TPSA) is 57.9 Å². The van der Waals surface area contributed by atoms with E-state index in [2.05, 4.69) is 0 Å². The molecule has 0 radical (unpaired) electrons. The van der Waals surface area contributed by atoms with E-state index in [4.69, 9.17) is 5.26 Å². The lowest BCUT2D eigenvalue weighted by Gasteiger charge is -2.10. The maximum Gasteiger partial charge on any atom is 0.148 e. The Kier molecular flexibility index (Phi) is 2.57. The minimum absolute atomic E-state index is 0.00203. The smallest absolute Gasteiger partial charge is 0.148 e. The molecule has 0 spiro atoms. The first kappa shape index (κ1) is 10.6. The Morgan fingerprint density at radius 2 is 1.88 bits per heavy atom. The highest BCUT2D eigenvalue weighted by atomic mass is 16.2. The maximum atomic E-state index is 11.6. The van der Waals surface area contributed by atoms with E-state index in [1.165, 1.54) is 0 Å². The molecule has 2 rings (SSSR count). The number of nitriles is 1. The molecule has 0 aromatic heterocycles. The SMILES string of the molecule is Cc1cc(C#N)ccc1C1C(=O)CCC1=O. The Bertz CT molecular complexity index is 495. The van der Waals surface area contributed by atoms with Crippen LogP contribution in [-0.2, 0) is 9.59 Å². The number of rotatable bonds is 1. The molecule has 1 aliphatic carbocycles. The van der Waals surface area contributed by atoms with Crippen molar-refractivity contribution in [2.24, 2.45) is 0 Å². The van der Waals surface area contributed by atoms with Gasteiger partial charge in [-0.25, -0.2) is 0 Å². The first-order valence-electron chi connectivity index (χ1n) is 5.19. The lowest BCUT2D eigenvalue weighted by Crippen LogP contribution is -2.13. The van der Waals surface area contributed by atoms with E-state index in [0.29, 0.717) is 18.4 Å². The van der Waals surface area contributed by atoms with Gasteiger partial charge in [-0.1, -0.05) is 6.07 Å². The molecule has 0 amide bonds. The fourth-order valence-electron chi connectivity index (χ4n) is 2.13. The highest BCUT2D eigenvalue weighted by Gasteiger charge is 2.34. The van der Waals surface area contributed by atoms with Gasteiger partial charge in [-0.15, -0.1) is 0 Å². The van der Waals surface area contributed by atoms with Gasteiger partial charge in [0.25, 0.3) is 0 Å². The maximum absolute atomic E-state index is 11.6. The summed E-state index contributed by atoms with van der Waals surface area (Å²) in [6.07, 6.45) is 0.700. The summed E-state index contributed by atoms with van der Waals surface area (Å²) < 4.78 is 0. The minimum Gasteiger partial charge on any atom is -0.299 e. The Labute approximate surface area is 93.7 Å². The van der Waals surface area contributed by atoms with Gasteiger partial charge in [0, 0.05) is 12.8 Å². The second kappa shape index (κ2) is 3.90. The second-order valence-corrected chi connectivity index (χ2v) is 4.05. The van der Waals surface area contributed by atoms with Crippen LogP contribution in [0.3, 0.4) is 0 Å². The van der Waals surface area contributed by atoms with E-state index >= 15 is 0 Å². The summed E-state index contributed by atoms with van der Waals surface area (Å²) >= 11 is 0. The normalized spacial score (nSPS) is 16.5. The van der Waals surface area contributed by atoms with Gasteiger partial charge in [0.1, 0.15) is 17.5 Å². The average molecular weight is 213 g/mol. The van der Waals surface area contributed by atoms with Crippen LogP contribution in [0.25, 0.3) is 0 Å². The van der Waals surface area contributed by atoms with E-state index in [1.807, 2.05) is 13.0 Å². The van der Waals surface area contributed by atoms with Crippen molar-refractivity contribution in [2.45, 2.75) is 25.7 Å². The number of carbonyl (C=O) groups is 2. The second-order valence-electron chi connectivity index (χ2n) is 4.05. The third-order valence-corrected chi connectivity index (χ3v) is 2.97. The van der Waals surface area contributed by atoms with E-state index in [-0.39, 0.29) is 11.6 Å². The Balaban J connectivity index is 2.45. The summed E-state index contributed by atoms with van der Waals surface area (Å²) in [6.45, 7) is 1.83. The van der Waals surface area contributed by atoms with Gasteiger partial charge in [0.2, 0.25) is 0 Å². The number of carbonyl (C=O) groups excluding carboxylic acids is 2. The highest BCUT2D eigenvalue weighted by molar-refractivity contribution is 6.13. The van der Waals surface area contributed by atoms with Crippen LogP contribution in [0, 0.1) is 18.3 Å². The van der Waals surface area contributed by atoms with E-state index in [9.17, 15) is 9.59 Å². The van der Waals surface area contributed by atoms with Gasteiger partial charge in [-0.3, -0.25) is 9.59 Å². The largest absolute Gasteiger partial charge is 0.299 e. The van der Waals surface area contributed by atoms with Crippen LogP contribution in [0.1, 0.15) is 35.4 Å². The molecule has 0 heterocycles. The molecule has 0 atom stereocenters. The van der Waals surface area contributed by atoms with Crippen molar-refractivity contribution >= 4 is 11.6 Å². The van der Waals surface area contributed by atoms with Crippen LogP contribution in [-0.4, -0.2) is 11.6 Å². The standard InChI is InChI=1S/C13H11NO2/c1-8-6-9(7-14)2-3-10(8)13-11(15)4-5-12(13)16/h2-3,6,13H,4-5H2,1H3. The van der Waals surface area contributed by atoms with E-state index in [0.717, 1.165) is 11.1 Å². The third-order valence-electron chi connectivity index (χ3n) is 2.97. The minimum atomic E-state index is -0.590. The lowest BCUT2D eigenvalue weighted by molar-refractivity contribution is -0.123. The summed E-state index contributed by atoms with van der Waals surface area (Å²) in [5.74, 6) is -0.594. The first-order valence-corrected chi connectivity index (χ1v) is 5.19. The lowest BCUT2D eigenvalue weighted by atomic mass is 9.91. The number of hydrogen-bond acceptors (Lipinski definition) is 3. The Morgan fingerprint density at radius 3 is 2.38 bits per heavy atom. The van der Waals surface area contributed by atoms with Gasteiger partial charge >= 0.3 is 0 Å². The van der Waals surface area contributed by atoms with Crippen LogP contribution >= 0.6 is 0 Å². The highest BCUT2D eigenvalue weighted by Crippen LogP contribution is 2.30. The zero-order valence-corrected chi connectivity index (χ0v) is 8.99. The quantitative estimate of drug-likeness (QED) is 0.669. The number of hydrogen-bond donors (Lipinski definition) is 0. The van der Waals surface area contributed by atoms with Crippen molar-refractivity contribution in [1.82, 2.24) is 0 Å². The number of aryl methyl sites for hydroxylation is 1. The Hall–Kier alpha value is -1.95. The summed E-state index contributed by atoms with van der Waals surface area (Å²) in [4.78, 5) is 23.2. The molecule has 1 saturated carbocycles. The van der Waals surface area contributed by atoms with Crippen LogP contribution in [0.2, 0.25) is 0 Å². The molecule has 1 aromatic carbocycles.